The molecule has 0 radical (unpaired) electrons. The number of carbonyl (C=O) groups is 1. The highest BCUT2D eigenvalue weighted by atomic mass is 19.4. The lowest BCUT2D eigenvalue weighted by molar-refractivity contribution is -0.369. The van der Waals surface area contributed by atoms with Gasteiger partial charge in [-0.15, -0.1) is 0 Å². The Balaban J connectivity index is 5.54. The minimum atomic E-state index is -5.74. The number of hydrogen-bond acceptors (Lipinski definition) is 2. The van der Waals surface area contributed by atoms with Crippen LogP contribution in [0.2, 0.25) is 0 Å². The highest BCUT2D eigenvalue weighted by Gasteiger charge is 2.73. The van der Waals surface area contributed by atoms with E-state index in [4.69, 9.17) is 0 Å². The Morgan fingerprint density at radius 1 is 1.12 bits per heavy atom. The molecule has 8 heteroatoms. The van der Waals surface area contributed by atoms with Crippen LogP contribution in [0.5, 0.6) is 0 Å². The van der Waals surface area contributed by atoms with Gasteiger partial charge < -0.3 is 4.74 Å². The van der Waals surface area contributed by atoms with Crippen LogP contribution in [0.25, 0.3) is 0 Å². The summed E-state index contributed by atoms with van der Waals surface area (Å²) in [4.78, 5) is 10.9. The second-order valence-electron chi connectivity index (χ2n) is 3.35. The number of rotatable bonds is 3. The van der Waals surface area contributed by atoms with Crippen molar-refractivity contribution in [2.24, 2.45) is 0 Å². The molecular weight excluding hydrogens is 254 g/mol. The molecule has 0 heterocycles. The summed E-state index contributed by atoms with van der Waals surface area (Å²) in [5, 5.41) is 0. The average Bonchev–Trinajstić information content (AvgIpc) is 2.09. The van der Waals surface area contributed by atoms with Gasteiger partial charge in [0.05, 0.1) is 0 Å². The molecule has 0 aromatic carbocycles. The Hall–Kier alpha value is -1.21. The minimum absolute atomic E-state index is 0.545. The van der Waals surface area contributed by atoms with Crippen molar-refractivity contribution in [2.45, 2.75) is 38.2 Å². The maximum Gasteiger partial charge on any atom is 0.437 e. The Morgan fingerprint density at radius 2 is 1.47 bits per heavy atom. The fourth-order valence-corrected chi connectivity index (χ4v) is 0.995. The summed E-state index contributed by atoms with van der Waals surface area (Å²) < 4.78 is 78.4. The third-order valence-corrected chi connectivity index (χ3v) is 2.03. The molecule has 0 rings (SSSR count). The van der Waals surface area contributed by atoms with Crippen LogP contribution in [0.15, 0.2) is 12.2 Å². The van der Waals surface area contributed by atoms with E-state index < -0.39 is 35.9 Å². The lowest BCUT2D eigenvalue weighted by Crippen LogP contribution is -2.59. The molecular formula is C9H10F6O2. The van der Waals surface area contributed by atoms with Gasteiger partial charge in [0.25, 0.3) is 0 Å². The Bertz CT molecular complexity index is 300. The summed E-state index contributed by atoms with van der Waals surface area (Å²) in [7, 11) is 0. The van der Waals surface area contributed by atoms with E-state index in [1.54, 1.807) is 0 Å². The second-order valence-corrected chi connectivity index (χ2v) is 3.35. The minimum Gasteiger partial charge on any atom is -0.436 e. The van der Waals surface area contributed by atoms with Crippen molar-refractivity contribution < 1.29 is 35.9 Å². The zero-order valence-electron chi connectivity index (χ0n) is 9.00. The molecule has 0 amide bonds. The molecule has 0 aliphatic heterocycles. The summed E-state index contributed by atoms with van der Waals surface area (Å²) in [6.45, 7) is 4.51. The lowest BCUT2D eigenvalue weighted by atomic mass is 9.99. The maximum absolute atomic E-state index is 12.5. The molecule has 0 saturated carbocycles. The number of esters is 1. The molecule has 0 N–H and O–H groups in total. The van der Waals surface area contributed by atoms with Crippen LogP contribution in [0.4, 0.5) is 26.3 Å². The fourth-order valence-electron chi connectivity index (χ4n) is 0.995. The zero-order chi connectivity index (χ0) is 14.1. The van der Waals surface area contributed by atoms with Gasteiger partial charge in [0.15, 0.2) is 0 Å². The van der Waals surface area contributed by atoms with Gasteiger partial charge in [-0.05, 0) is 6.92 Å². The molecule has 0 unspecified atom stereocenters. The standard InChI is InChI=1S/C9H10F6O2/c1-4-7(8(10,11)12,9(13,14)15)17-6(16)5(2)3/h2,4H2,1,3H3. The summed E-state index contributed by atoms with van der Waals surface area (Å²) >= 11 is 0. The average molecular weight is 264 g/mol. The van der Waals surface area contributed by atoms with Gasteiger partial charge in [0, 0.05) is 12.0 Å². The molecule has 0 aromatic heterocycles. The SMILES string of the molecule is C=C(C)C(=O)OC(CC)(C(F)(F)F)C(F)(F)F. The number of ether oxygens (including phenoxy) is 1. The smallest absolute Gasteiger partial charge is 0.436 e. The molecule has 0 spiro atoms. The topological polar surface area (TPSA) is 26.3 Å². The van der Waals surface area contributed by atoms with Gasteiger partial charge in [-0.1, -0.05) is 13.5 Å². The van der Waals surface area contributed by atoms with Crippen LogP contribution in [0, 0.1) is 0 Å². The third-order valence-electron chi connectivity index (χ3n) is 2.03. The van der Waals surface area contributed by atoms with Crippen LogP contribution < -0.4 is 0 Å². The molecule has 0 atom stereocenters. The Kier molecular flexibility index (Phi) is 4.25. The molecule has 0 saturated heterocycles. The van der Waals surface area contributed by atoms with Crippen molar-refractivity contribution >= 4 is 5.97 Å². The number of halogens is 6. The first-order chi connectivity index (χ1) is 7.39. The molecule has 2 nitrogen and oxygen atoms in total. The first kappa shape index (κ1) is 15.8. The van der Waals surface area contributed by atoms with Crippen LogP contribution in [-0.4, -0.2) is 23.9 Å². The highest BCUT2D eigenvalue weighted by Crippen LogP contribution is 2.48. The highest BCUT2D eigenvalue weighted by molar-refractivity contribution is 5.87. The number of hydrogen-bond donors (Lipinski definition) is 0. The van der Waals surface area contributed by atoms with Gasteiger partial charge >= 0.3 is 23.9 Å². The summed E-state index contributed by atoms with van der Waals surface area (Å²) in [6, 6.07) is 0. The van der Waals surface area contributed by atoms with Gasteiger partial charge in [-0.2, -0.15) is 26.3 Å². The predicted molar refractivity (Wildman–Crippen MR) is 46.0 cm³/mol. The van der Waals surface area contributed by atoms with Crippen molar-refractivity contribution in [3.63, 3.8) is 0 Å². The van der Waals surface area contributed by atoms with E-state index in [1.807, 2.05) is 0 Å². The van der Waals surface area contributed by atoms with Crippen molar-refractivity contribution in [1.29, 1.82) is 0 Å². The van der Waals surface area contributed by atoms with E-state index >= 15 is 0 Å². The maximum atomic E-state index is 12.5. The predicted octanol–water partition coefficient (Wildman–Crippen LogP) is 3.38. The van der Waals surface area contributed by atoms with Crippen LogP contribution in [0.3, 0.4) is 0 Å². The van der Waals surface area contributed by atoms with Crippen molar-refractivity contribution in [1.82, 2.24) is 0 Å². The van der Waals surface area contributed by atoms with E-state index in [-0.39, 0.29) is 0 Å². The van der Waals surface area contributed by atoms with Crippen LogP contribution in [-0.2, 0) is 9.53 Å². The zero-order valence-corrected chi connectivity index (χ0v) is 9.00. The van der Waals surface area contributed by atoms with Gasteiger partial charge in [0.2, 0.25) is 0 Å². The first-order valence-corrected chi connectivity index (χ1v) is 4.41. The van der Waals surface area contributed by atoms with E-state index in [9.17, 15) is 31.1 Å². The van der Waals surface area contributed by atoms with Gasteiger partial charge in [-0.3, -0.25) is 0 Å². The third kappa shape index (κ3) is 2.92. The molecule has 0 aliphatic rings. The number of carbonyl (C=O) groups excluding carboxylic acids is 1. The monoisotopic (exact) mass is 264 g/mol. The van der Waals surface area contributed by atoms with E-state index in [2.05, 4.69) is 11.3 Å². The van der Waals surface area contributed by atoms with E-state index in [1.165, 1.54) is 0 Å². The molecule has 17 heavy (non-hydrogen) atoms. The molecule has 100 valence electrons. The molecule has 0 bridgehead atoms. The van der Waals surface area contributed by atoms with E-state index in [0.29, 0.717) is 6.92 Å². The summed E-state index contributed by atoms with van der Waals surface area (Å²) in [5.41, 5.74) is -5.04. The van der Waals surface area contributed by atoms with Crippen LogP contribution in [0.1, 0.15) is 20.3 Å². The normalized spacial score (nSPS) is 13.4. The van der Waals surface area contributed by atoms with Crippen molar-refractivity contribution in [3.05, 3.63) is 12.2 Å². The van der Waals surface area contributed by atoms with Crippen molar-refractivity contribution in [2.75, 3.05) is 0 Å². The molecule has 0 fully saturated rings. The molecule has 0 aliphatic carbocycles. The fraction of sp³-hybridized carbons (Fsp3) is 0.667. The van der Waals surface area contributed by atoms with Gasteiger partial charge in [-0.25, -0.2) is 4.79 Å². The Morgan fingerprint density at radius 3 is 1.65 bits per heavy atom. The van der Waals surface area contributed by atoms with Crippen LogP contribution >= 0.6 is 0 Å². The van der Waals surface area contributed by atoms with E-state index in [0.717, 1.165) is 6.92 Å². The first-order valence-electron chi connectivity index (χ1n) is 4.41. The Labute approximate surface area is 93.2 Å². The van der Waals surface area contributed by atoms with Gasteiger partial charge in [0.1, 0.15) is 0 Å². The lowest BCUT2D eigenvalue weighted by Gasteiger charge is -2.35. The van der Waals surface area contributed by atoms with Crippen molar-refractivity contribution in [3.8, 4) is 0 Å². The summed E-state index contributed by atoms with van der Waals surface area (Å²) in [5.74, 6) is -1.73. The second kappa shape index (κ2) is 4.58. The molecule has 0 aromatic rings. The summed E-state index contributed by atoms with van der Waals surface area (Å²) in [6.07, 6.45) is -12.9. The largest absolute Gasteiger partial charge is 0.437 e. The quantitative estimate of drug-likeness (QED) is 0.443. The number of alkyl halides is 6.